The molecule has 1 aromatic rings. The summed E-state index contributed by atoms with van der Waals surface area (Å²) >= 11 is 0. The van der Waals surface area contributed by atoms with E-state index in [9.17, 15) is 4.79 Å². The van der Waals surface area contributed by atoms with E-state index in [1.807, 2.05) is 11.7 Å². The summed E-state index contributed by atoms with van der Waals surface area (Å²) < 4.78 is 1.95. The molecule has 3 rings (SSSR count). The Morgan fingerprint density at radius 2 is 2.09 bits per heavy atom. The van der Waals surface area contributed by atoms with E-state index >= 15 is 0 Å². The summed E-state index contributed by atoms with van der Waals surface area (Å²) in [5.74, 6) is 0.881. The van der Waals surface area contributed by atoms with Crippen molar-refractivity contribution >= 4 is 5.91 Å². The molecule has 5 heteroatoms. The molecular formula is C17H28N4O. The van der Waals surface area contributed by atoms with Gasteiger partial charge in [0.05, 0.1) is 12.2 Å². The number of carbonyl (C=O) groups is 1. The molecule has 2 fully saturated rings. The molecule has 0 unspecified atom stereocenters. The first-order valence-corrected chi connectivity index (χ1v) is 8.51. The van der Waals surface area contributed by atoms with Gasteiger partial charge >= 0.3 is 0 Å². The fourth-order valence-electron chi connectivity index (χ4n) is 3.81. The third-order valence-electron chi connectivity index (χ3n) is 5.33. The van der Waals surface area contributed by atoms with Crippen molar-refractivity contribution in [1.82, 2.24) is 20.0 Å². The van der Waals surface area contributed by atoms with Crippen LogP contribution in [0.25, 0.3) is 0 Å². The molecule has 0 aromatic carbocycles. The van der Waals surface area contributed by atoms with E-state index in [0.29, 0.717) is 24.5 Å². The predicted octanol–water partition coefficient (Wildman–Crippen LogP) is 2.09. The van der Waals surface area contributed by atoms with Gasteiger partial charge in [0.1, 0.15) is 0 Å². The number of likely N-dealkylation sites (tertiary alicyclic amines) is 1. The van der Waals surface area contributed by atoms with Crippen molar-refractivity contribution in [3.8, 4) is 0 Å². The highest BCUT2D eigenvalue weighted by atomic mass is 16.2. The Kier molecular flexibility index (Phi) is 4.26. The molecule has 122 valence electrons. The van der Waals surface area contributed by atoms with Crippen molar-refractivity contribution in [2.24, 2.45) is 13.0 Å². The van der Waals surface area contributed by atoms with Crippen molar-refractivity contribution in [1.29, 1.82) is 0 Å². The van der Waals surface area contributed by atoms with Crippen LogP contribution in [-0.2, 0) is 11.8 Å². The van der Waals surface area contributed by atoms with E-state index in [-0.39, 0.29) is 5.91 Å². The molecule has 2 aliphatic rings. The average Bonchev–Trinajstić information content (AvgIpc) is 3.16. The average molecular weight is 304 g/mol. The third kappa shape index (κ3) is 3.05. The highest BCUT2D eigenvalue weighted by molar-refractivity contribution is 5.78. The second-order valence-electron chi connectivity index (χ2n) is 7.03. The lowest BCUT2D eigenvalue weighted by atomic mass is 10.0. The molecule has 1 aromatic heterocycles. The molecule has 5 nitrogen and oxygen atoms in total. The van der Waals surface area contributed by atoms with E-state index in [1.165, 1.54) is 24.1 Å². The summed E-state index contributed by atoms with van der Waals surface area (Å²) in [5.41, 5.74) is 3.65. The monoisotopic (exact) mass is 304 g/mol. The molecule has 2 heterocycles. The van der Waals surface area contributed by atoms with Gasteiger partial charge in [-0.25, -0.2) is 0 Å². The van der Waals surface area contributed by atoms with Gasteiger partial charge in [-0.15, -0.1) is 0 Å². The fourth-order valence-corrected chi connectivity index (χ4v) is 3.81. The van der Waals surface area contributed by atoms with Gasteiger partial charge in [-0.1, -0.05) is 0 Å². The molecule has 22 heavy (non-hydrogen) atoms. The topological polar surface area (TPSA) is 50.2 Å². The summed E-state index contributed by atoms with van der Waals surface area (Å²) in [5, 5.41) is 7.71. The standard InChI is InChI=1S/C17H28N4O/c1-11(14-7-8-14)18-16(22)10-21-9-5-6-15(21)17-12(2)19-20(4)13(17)3/h11,14-15H,5-10H2,1-4H3,(H,18,22)/t11-,15+/m1/s1. The zero-order chi connectivity index (χ0) is 15.9. The number of aromatic nitrogens is 2. The van der Waals surface area contributed by atoms with Gasteiger partial charge in [0.2, 0.25) is 5.91 Å². The Morgan fingerprint density at radius 3 is 2.68 bits per heavy atom. The lowest BCUT2D eigenvalue weighted by Gasteiger charge is -2.25. The summed E-state index contributed by atoms with van der Waals surface area (Å²) in [4.78, 5) is 14.6. The Bertz CT molecular complexity index is 561. The number of nitrogens with zero attached hydrogens (tertiary/aromatic N) is 3. The molecule has 0 spiro atoms. The van der Waals surface area contributed by atoms with Gasteiger partial charge in [-0.2, -0.15) is 5.10 Å². The maximum atomic E-state index is 12.3. The largest absolute Gasteiger partial charge is 0.352 e. The maximum absolute atomic E-state index is 12.3. The van der Waals surface area contributed by atoms with E-state index < -0.39 is 0 Å². The zero-order valence-electron chi connectivity index (χ0n) is 14.2. The second-order valence-corrected chi connectivity index (χ2v) is 7.03. The number of nitrogens with one attached hydrogen (secondary N) is 1. The fraction of sp³-hybridized carbons (Fsp3) is 0.765. The van der Waals surface area contributed by atoms with Gasteiger partial charge < -0.3 is 5.32 Å². The van der Waals surface area contributed by atoms with Crippen molar-refractivity contribution in [3.05, 3.63) is 17.0 Å². The van der Waals surface area contributed by atoms with Gasteiger partial charge in [-0.3, -0.25) is 14.4 Å². The van der Waals surface area contributed by atoms with Crippen LogP contribution >= 0.6 is 0 Å². The zero-order valence-corrected chi connectivity index (χ0v) is 14.2. The number of hydrogen-bond donors (Lipinski definition) is 1. The van der Waals surface area contributed by atoms with Gasteiger partial charge in [0.15, 0.2) is 0 Å². The van der Waals surface area contributed by atoms with Crippen LogP contribution in [0.4, 0.5) is 0 Å². The van der Waals surface area contributed by atoms with E-state index in [0.717, 1.165) is 25.1 Å². The first kappa shape index (κ1) is 15.5. The van der Waals surface area contributed by atoms with Crippen LogP contribution in [0.3, 0.4) is 0 Å². The summed E-state index contributed by atoms with van der Waals surface area (Å²) in [6.45, 7) is 7.85. The van der Waals surface area contributed by atoms with Crippen LogP contribution in [0.2, 0.25) is 0 Å². The first-order valence-electron chi connectivity index (χ1n) is 8.51. The molecule has 1 amide bonds. The molecule has 1 saturated heterocycles. The normalized spacial score (nSPS) is 23.7. The third-order valence-corrected chi connectivity index (χ3v) is 5.33. The predicted molar refractivity (Wildman–Crippen MR) is 86.6 cm³/mol. The summed E-state index contributed by atoms with van der Waals surface area (Å²) in [6, 6.07) is 0.672. The molecule has 2 atom stereocenters. The smallest absolute Gasteiger partial charge is 0.234 e. The highest BCUT2D eigenvalue weighted by Gasteiger charge is 2.33. The van der Waals surface area contributed by atoms with Crippen LogP contribution in [0.1, 0.15) is 55.6 Å². The van der Waals surface area contributed by atoms with Gasteiger partial charge in [0.25, 0.3) is 0 Å². The molecule has 1 aliphatic carbocycles. The van der Waals surface area contributed by atoms with E-state index in [2.05, 4.69) is 36.1 Å². The van der Waals surface area contributed by atoms with Crippen molar-refractivity contribution in [2.45, 2.75) is 58.5 Å². The lowest BCUT2D eigenvalue weighted by molar-refractivity contribution is -0.123. The Balaban J connectivity index is 1.66. The molecular weight excluding hydrogens is 276 g/mol. The van der Waals surface area contributed by atoms with Crippen LogP contribution in [0, 0.1) is 19.8 Å². The SMILES string of the molecule is Cc1nn(C)c(C)c1[C@@H]1CCCN1CC(=O)N[C@H](C)C1CC1. The number of rotatable bonds is 5. The number of aryl methyl sites for hydroxylation is 2. The summed E-state index contributed by atoms with van der Waals surface area (Å²) in [6.07, 6.45) is 4.81. The van der Waals surface area contributed by atoms with Crippen LogP contribution in [0.5, 0.6) is 0 Å². The van der Waals surface area contributed by atoms with Crippen LogP contribution in [0.15, 0.2) is 0 Å². The highest BCUT2D eigenvalue weighted by Crippen LogP contribution is 2.35. The Labute approximate surface area is 133 Å². The molecule has 1 aliphatic heterocycles. The van der Waals surface area contributed by atoms with Gasteiger partial charge in [-0.05, 0) is 58.9 Å². The Morgan fingerprint density at radius 1 is 1.36 bits per heavy atom. The van der Waals surface area contributed by atoms with Gasteiger partial charge in [0, 0.05) is 30.4 Å². The first-order chi connectivity index (χ1) is 10.5. The summed E-state index contributed by atoms with van der Waals surface area (Å²) in [7, 11) is 2.00. The van der Waals surface area contributed by atoms with E-state index in [1.54, 1.807) is 0 Å². The van der Waals surface area contributed by atoms with E-state index in [4.69, 9.17) is 0 Å². The minimum Gasteiger partial charge on any atom is -0.352 e. The second kappa shape index (κ2) is 6.03. The van der Waals surface area contributed by atoms with Crippen molar-refractivity contribution in [3.63, 3.8) is 0 Å². The maximum Gasteiger partial charge on any atom is 0.234 e. The van der Waals surface area contributed by atoms with Crippen molar-refractivity contribution in [2.75, 3.05) is 13.1 Å². The molecule has 1 N–H and O–H groups in total. The molecule has 0 radical (unpaired) electrons. The Hall–Kier alpha value is -1.36. The lowest BCUT2D eigenvalue weighted by Crippen LogP contribution is -2.41. The number of hydrogen-bond acceptors (Lipinski definition) is 3. The number of amides is 1. The molecule has 0 bridgehead atoms. The minimum atomic E-state index is 0.172. The quantitative estimate of drug-likeness (QED) is 0.906. The van der Waals surface area contributed by atoms with Crippen LogP contribution in [-0.4, -0.2) is 39.7 Å². The minimum absolute atomic E-state index is 0.172. The van der Waals surface area contributed by atoms with Crippen LogP contribution < -0.4 is 5.32 Å². The number of carbonyl (C=O) groups excluding carboxylic acids is 1. The molecule has 1 saturated carbocycles. The van der Waals surface area contributed by atoms with Crippen molar-refractivity contribution < 1.29 is 4.79 Å².